The molecular formula is C10H18O2. The molecule has 0 radical (unpaired) electrons. The van der Waals surface area contributed by atoms with Crippen molar-refractivity contribution in [3.63, 3.8) is 0 Å². The van der Waals surface area contributed by atoms with Gasteiger partial charge in [-0.3, -0.25) is 0 Å². The Balaban J connectivity index is 4.07. The van der Waals surface area contributed by atoms with Gasteiger partial charge in [-0.05, 0) is 12.3 Å². The molecule has 12 heavy (non-hydrogen) atoms. The molecule has 0 saturated carbocycles. The maximum atomic E-state index is 9.56. The summed E-state index contributed by atoms with van der Waals surface area (Å²) in [6.07, 6.45) is -1.11. The second-order valence-electron chi connectivity index (χ2n) is 4.01. The minimum absolute atomic E-state index is 0.283. The van der Waals surface area contributed by atoms with Gasteiger partial charge in [0.25, 0.3) is 0 Å². The Morgan fingerprint density at radius 1 is 1.25 bits per heavy atom. The van der Waals surface area contributed by atoms with Crippen LogP contribution >= 0.6 is 0 Å². The lowest BCUT2D eigenvalue weighted by Gasteiger charge is -2.28. The molecule has 2 N–H and O–H groups in total. The van der Waals surface area contributed by atoms with Crippen molar-refractivity contribution >= 4 is 0 Å². The first-order valence-electron chi connectivity index (χ1n) is 4.15. The molecular weight excluding hydrogens is 152 g/mol. The predicted octanol–water partition coefficient (Wildman–Crippen LogP) is 1.17. The first-order valence-corrected chi connectivity index (χ1v) is 4.15. The Labute approximate surface area is 74.6 Å². The summed E-state index contributed by atoms with van der Waals surface area (Å²) in [7, 11) is 0. The monoisotopic (exact) mass is 170 g/mol. The third-order valence-electron chi connectivity index (χ3n) is 1.74. The highest BCUT2D eigenvalue weighted by Crippen LogP contribution is 2.22. The number of aliphatic hydroxyl groups excluding tert-OH is 2. The molecule has 0 aromatic carbocycles. The Morgan fingerprint density at radius 3 is 2.08 bits per heavy atom. The molecule has 0 amide bonds. The van der Waals surface area contributed by atoms with Crippen molar-refractivity contribution in [3.8, 4) is 11.8 Å². The topological polar surface area (TPSA) is 40.5 Å². The van der Waals surface area contributed by atoms with E-state index < -0.39 is 12.2 Å². The molecule has 0 aromatic rings. The van der Waals surface area contributed by atoms with E-state index in [1.54, 1.807) is 6.92 Å². The van der Waals surface area contributed by atoms with Crippen molar-refractivity contribution in [2.24, 2.45) is 5.41 Å². The molecule has 0 rings (SSSR count). The van der Waals surface area contributed by atoms with Gasteiger partial charge in [-0.2, -0.15) is 0 Å². The zero-order chi connectivity index (χ0) is 9.78. The smallest absolute Gasteiger partial charge is 0.0913 e. The second-order valence-corrected chi connectivity index (χ2v) is 4.01. The summed E-state index contributed by atoms with van der Waals surface area (Å²) in [6.45, 7) is 7.39. The Kier molecular flexibility index (Phi) is 4.30. The summed E-state index contributed by atoms with van der Waals surface area (Å²) in [6, 6.07) is 0. The van der Waals surface area contributed by atoms with Crippen molar-refractivity contribution in [3.05, 3.63) is 0 Å². The van der Waals surface area contributed by atoms with Crippen molar-refractivity contribution in [2.45, 2.75) is 46.3 Å². The highest BCUT2D eigenvalue weighted by atomic mass is 16.3. The minimum Gasteiger partial charge on any atom is -0.390 e. The number of hydrogen-bond acceptors (Lipinski definition) is 2. The summed E-state index contributed by atoms with van der Waals surface area (Å²) in [5, 5.41) is 19.0. The van der Waals surface area contributed by atoms with E-state index in [4.69, 9.17) is 0 Å². The van der Waals surface area contributed by atoms with Crippen molar-refractivity contribution < 1.29 is 10.2 Å². The van der Waals surface area contributed by atoms with Gasteiger partial charge >= 0.3 is 0 Å². The molecule has 0 saturated heterocycles. The first kappa shape index (κ1) is 11.5. The van der Waals surface area contributed by atoms with E-state index in [0.717, 1.165) is 0 Å². The van der Waals surface area contributed by atoms with Crippen LogP contribution in [0.1, 0.15) is 34.1 Å². The maximum absolute atomic E-state index is 9.56. The minimum atomic E-state index is -0.738. The summed E-state index contributed by atoms with van der Waals surface area (Å²) in [5.41, 5.74) is -0.283. The van der Waals surface area contributed by atoms with Crippen LogP contribution in [0.4, 0.5) is 0 Å². The van der Waals surface area contributed by atoms with E-state index in [-0.39, 0.29) is 5.41 Å². The zero-order valence-electron chi connectivity index (χ0n) is 8.26. The molecule has 0 heterocycles. The lowest BCUT2D eigenvalue weighted by atomic mass is 9.85. The molecule has 2 unspecified atom stereocenters. The van der Waals surface area contributed by atoms with Gasteiger partial charge < -0.3 is 10.2 Å². The van der Waals surface area contributed by atoms with E-state index >= 15 is 0 Å². The SMILES string of the molecule is CC#CCC(O)C(O)C(C)(C)C. The molecule has 2 heteroatoms. The fraction of sp³-hybridized carbons (Fsp3) is 0.800. The second kappa shape index (κ2) is 4.49. The maximum Gasteiger partial charge on any atom is 0.0913 e. The van der Waals surface area contributed by atoms with Crippen molar-refractivity contribution in [1.82, 2.24) is 0 Å². The van der Waals surface area contributed by atoms with E-state index in [0.29, 0.717) is 6.42 Å². The van der Waals surface area contributed by atoms with Gasteiger partial charge in [-0.1, -0.05) is 20.8 Å². The van der Waals surface area contributed by atoms with Gasteiger partial charge in [-0.25, -0.2) is 0 Å². The number of hydrogen-bond donors (Lipinski definition) is 2. The van der Waals surface area contributed by atoms with Crippen LogP contribution in [0.3, 0.4) is 0 Å². The van der Waals surface area contributed by atoms with E-state index in [9.17, 15) is 10.2 Å². The summed E-state index contributed by atoms with van der Waals surface area (Å²) in [5.74, 6) is 5.42. The fourth-order valence-corrected chi connectivity index (χ4v) is 0.895. The predicted molar refractivity (Wildman–Crippen MR) is 49.5 cm³/mol. The van der Waals surface area contributed by atoms with Crippen LogP contribution in [-0.4, -0.2) is 22.4 Å². The Morgan fingerprint density at radius 2 is 1.75 bits per heavy atom. The lowest BCUT2D eigenvalue weighted by molar-refractivity contribution is -0.0413. The first-order chi connectivity index (χ1) is 5.39. The number of aliphatic hydroxyl groups is 2. The normalized spacial score (nSPS) is 16.2. The number of rotatable bonds is 2. The molecule has 0 bridgehead atoms. The molecule has 0 fully saturated rings. The fourth-order valence-electron chi connectivity index (χ4n) is 0.895. The van der Waals surface area contributed by atoms with Crippen LogP contribution in [0.5, 0.6) is 0 Å². The summed E-state index contributed by atoms with van der Waals surface area (Å²) >= 11 is 0. The van der Waals surface area contributed by atoms with Crippen molar-refractivity contribution in [2.75, 3.05) is 0 Å². The quantitative estimate of drug-likeness (QED) is 0.611. The Hall–Kier alpha value is -0.520. The van der Waals surface area contributed by atoms with Crippen LogP contribution in [0, 0.1) is 17.3 Å². The molecule has 2 atom stereocenters. The third kappa shape index (κ3) is 3.75. The lowest BCUT2D eigenvalue weighted by Crippen LogP contribution is -2.37. The standard InChI is InChI=1S/C10H18O2/c1-5-6-7-8(11)9(12)10(2,3)4/h8-9,11-12H,7H2,1-4H3. The largest absolute Gasteiger partial charge is 0.390 e. The van der Waals surface area contributed by atoms with Crippen LogP contribution in [0.2, 0.25) is 0 Å². The van der Waals surface area contributed by atoms with Gasteiger partial charge in [0.15, 0.2) is 0 Å². The zero-order valence-corrected chi connectivity index (χ0v) is 8.26. The van der Waals surface area contributed by atoms with Gasteiger partial charge in [0.2, 0.25) is 0 Å². The summed E-state index contributed by atoms with van der Waals surface area (Å²) in [4.78, 5) is 0. The van der Waals surface area contributed by atoms with E-state index in [1.807, 2.05) is 20.8 Å². The van der Waals surface area contributed by atoms with Gasteiger partial charge in [0, 0.05) is 6.42 Å². The van der Waals surface area contributed by atoms with Crippen LogP contribution in [0.25, 0.3) is 0 Å². The van der Waals surface area contributed by atoms with Crippen LogP contribution < -0.4 is 0 Å². The molecule has 2 nitrogen and oxygen atoms in total. The molecule has 0 aliphatic heterocycles. The molecule has 0 aliphatic rings. The summed E-state index contributed by atoms with van der Waals surface area (Å²) < 4.78 is 0. The Bertz CT molecular complexity index is 180. The van der Waals surface area contributed by atoms with Gasteiger partial charge in [0.05, 0.1) is 12.2 Å². The molecule has 0 aromatic heterocycles. The van der Waals surface area contributed by atoms with Gasteiger partial charge in [-0.15, -0.1) is 11.8 Å². The highest BCUT2D eigenvalue weighted by molar-refractivity contribution is 4.98. The third-order valence-corrected chi connectivity index (χ3v) is 1.74. The average molecular weight is 170 g/mol. The van der Waals surface area contributed by atoms with Crippen LogP contribution in [0.15, 0.2) is 0 Å². The highest BCUT2D eigenvalue weighted by Gasteiger charge is 2.28. The molecule has 0 spiro atoms. The van der Waals surface area contributed by atoms with E-state index in [1.165, 1.54) is 0 Å². The van der Waals surface area contributed by atoms with E-state index in [2.05, 4.69) is 11.8 Å². The van der Waals surface area contributed by atoms with Gasteiger partial charge in [0.1, 0.15) is 0 Å². The molecule has 70 valence electrons. The average Bonchev–Trinajstić information content (AvgIpc) is 1.97. The van der Waals surface area contributed by atoms with Crippen molar-refractivity contribution in [1.29, 1.82) is 0 Å². The molecule has 0 aliphatic carbocycles. The van der Waals surface area contributed by atoms with Crippen LogP contribution in [-0.2, 0) is 0 Å².